The molecule has 0 spiro atoms. The Balaban J connectivity index is 2.26. The monoisotopic (exact) mass is 158 g/mol. The van der Waals surface area contributed by atoms with Crippen LogP contribution in [0.1, 0.15) is 32.6 Å². The topological polar surface area (TPSA) is 0 Å². The van der Waals surface area contributed by atoms with Gasteiger partial charge in [-0.3, -0.25) is 0 Å². The Bertz CT molecular complexity index is 118. The van der Waals surface area contributed by atoms with Gasteiger partial charge in [0.15, 0.2) is 0 Å². The second-order valence-corrected chi connectivity index (χ2v) is 3.57. The minimum absolute atomic E-state index is 0.455. The zero-order chi connectivity index (χ0) is 7.40. The van der Waals surface area contributed by atoms with Gasteiger partial charge >= 0.3 is 0 Å². The molecule has 58 valence electrons. The van der Waals surface area contributed by atoms with Crippen molar-refractivity contribution in [1.29, 1.82) is 0 Å². The minimum Gasteiger partial charge on any atom is -0.123 e. The molecule has 0 heterocycles. The van der Waals surface area contributed by atoms with Crippen molar-refractivity contribution in [1.82, 2.24) is 0 Å². The summed E-state index contributed by atoms with van der Waals surface area (Å²) in [6.45, 7) is 2.07. The van der Waals surface area contributed by atoms with E-state index >= 15 is 0 Å². The van der Waals surface area contributed by atoms with Crippen molar-refractivity contribution in [2.75, 3.05) is 0 Å². The average molecular weight is 159 g/mol. The van der Waals surface area contributed by atoms with Gasteiger partial charge in [-0.1, -0.05) is 18.6 Å². The quantitative estimate of drug-likeness (QED) is 0.427. The zero-order valence-electron chi connectivity index (χ0n) is 6.52. The van der Waals surface area contributed by atoms with E-state index in [9.17, 15) is 0 Å². The summed E-state index contributed by atoms with van der Waals surface area (Å²) in [6.07, 6.45) is 9.41. The van der Waals surface area contributed by atoms with E-state index in [1.165, 1.54) is 25.7 Å². The predicted octanol–water partition coefficient (Wildman–Crippen LogP) is 3.36. The number of hydrogen-bond donors (Lipinski definition) is 0. The highest BCUT2D eigenvalue weighted by molar-refractivity contribution is 6.20. The summed E-state index contributed by atoms with van der Waals surface area (Å²) in [5, 5.41) is 0.455. The van der Waals surface area contributed by atoms with E-state index < -0.39 is 0 Å². The van der Waals surface area contributed by atoms with E-state index in [2.05, 4.69) is 19.1 Å². The van der Waals surface area contributed by atoms with Crippen LogP contribution in [0.25, 0.3) is 0 Å². The van der Waals surface area contributed by atoms with Gasteiger partial charge in [0.05, 0.1) is 0 Å². The fourth-order valence-corrected chi connectivity index (χ4v) is 1.95. The smallest absolute Gasteiger partial charge is 0.0367 e. The van der Waals surface area contributed by atoms with Crippen molar-refractivity contribution in [3.05, 3.63) is 12.2 Å². The lowest BCUT2D eigenvalue weighted by molar-refractivity contribution is 0.564. The molecule has 10 heavy (non-hydrogen) atoms. The van der Waals surface area contributed by atoms with Crippen LogP contribution in [0.3, 0.4) is 0 Å². The number of allylic oxidation sites excluding steroid dienone is 2. The van der Waals surface area contributed by atoms with Gasteiger partial charge in [0, 0.05) is 5.38 Å². The van der Waals surface area contributed by atoms with Crippen LogP contribution in [-0.2, 0) is 0 Å². The van der Waals surface area contributed by atoms with Crippen LogP contribution in [0.5, 0.6) is 0 Å². The van der Waals surface area contributed by atoms with Crippen molar-refractivity contribution in [3.63, 3.8) is 0 Å². The summed E-state index contributed by atoms with van der Waals surface area (Å²) in [4.78, 5) is 0. The summed E-state index contributed by atoms with van der Waals surface area (Å²) in [5.74, 6) is 0.762. The van der Waals surface area contributed by atoms with Crippen LogP contribution < -0.4 is 0 Å². The van der Waals surface area contributed by atoms with E-state index in [1.54, 1.807) is 0 Å². The van der Waals surface area contributed by atoms with Gasteiger partial charge in [0.2, 0.25) is 0 Å². The van der Waals surface area contributed by atoms with E-state index in [0.717, 1.165) is 5.92 Å². The molecule has 1 heteroatoms. The lowest BCUT2D eigenvalue weighted by atomic mass is 10.0. The van der Waals surface area contributed by atoms with Crippen molar-refractivity contribution < 1.29 is 0 Å². The Kier molecular flexibility index (Phi) is 3.27. The molecule has 0 aromatic carbocycles. The van der Waals surface area contributed by atoms with Crippen LogP contribution in [0, 0.1) is 5.92 Å². The first-order chi connectivity index (χ1) is 4.84. The first-order valence-corrected chi connectivity index (χ1v) is 4.53. The SMILES string of the molecule is CC=CCC1CCCC1Cl. The average Bonchev–Trinajstić information content (AvgIpc) is 2.31. The Labute approximate surface area is 68.3 Å². The Morgan fingerprint density at radius 1 is 1.50 bits per heavy atom. The van der Waals surface area contributed by atoms with Gasteiger partial charge in [0.1, 0.15) is 0 Å². The van der Waals surface area contributed by atoms with Crippen LogP contribution >= 0.6 is 11.6 Å². The fourth-order valence-electron chi connectivity index (χ4n) is 1.57. The molecular formula is C9H15Cl. The molecule has 1 rings (SSSR count). The van der Waals surface area contributed by atoms with Crippen molar-refractivity contribution in [2.24, 2.45) is 5.92 Å². The summed E-state index contributed by atoms with van der Waals surface area (Å²) >= 11 is 6.08. The third kappa shape index (κ3) is 2.02. The van der Waals surface area contributed by atoms with E-state index in [1.807, 2.05) is 0 Å². The van der Waals surface area contributed by atoms with Gasteiger partial charge in [-0.25, -0.2) is 0 Å². The maximum atomic E-state index is 6.08. The molecule has 0 bridgehead atoms. The third-order valence-corrected chi connectivity index (χ3v) is 2.82. The zero-order valence-corrected chi connectivity index (χ0v) is 7.27. The Morgan fingerprint density at radius 3 is 2.80 bits per heavy atom. The molecule has 0 aromatic heterocycles. The number of rotatable bonds is 2. The number of halogens is 1. The second kappa shape index (κ2) is 4.02. The molecule has 2 atom stereocenters. The first kappa shape index (κ1) is 8.13. The van der Waals surface area contributed by atoms with Crippen molar-refractivity contribution in [2.45, 2.75) is 38.0 Å². The lowest BCUT2D eigenvalue weighted by Crippen LogP contribution is -2.04. The molecule has 0 aliphatic heterocycles. The van der Waals surface area contributed by atoms with Gasteiger partial charge in [-0.05, 0) is 32.1 Å². The van der Waals surface area contributed by atoms with E-state index in [-0.39, 0.29) is 0 Å². The van der Waals surface area contributed by atoms with Gasteiger partial charge in [-0.2, -0.15) is 0 Å². The highest BCUT2D eigenvalue weighted by Crippen LogP contribution is 2.32. The molecule has 0 nitrogen and oxygen atoms in total. The molecular weight excluding hydrogens is 144 g/mol. The Morgan fingerprint density at radius 2 is 2.30 bits per heavy atom. The van der Waals surface area contributed by atoms with Crippen LogP contribution in [-0.4, -0.2) is 5.38 Å². The van der Waals surface area contributed by atoms with Crippen molar-refractivity contribution in [3.8, 4) is 0 Å². The molecule has 2 unspecified atom stereocenters. The van der Waals surface area contributed by atoms with E-state index in [4.69, 9.17) is 11.6 Å². The summed E-state index contributed by atoms with van der Waals surface area (Å²) in [5.41, 5.74) is 0. The Hall–Kier alpha value is 0.0300. The predicted molar refractivity (Wildman–Crippen MR) is 46.4 cm³/mol. The fraction of sp³-hybridized carbons (Fsp3) is 0.778. The first-order valence-electron chi connectivity index (χ1n) is 4.10. The standard InChI is InChI=1S/C9H15Cl/c1-2-3-5-8-6-4-7-9(8)10/h2-3,8-9H,4-7H2,1H3. The second-order valence-electron chi connectivity index (χ2n) is 3.01. The molecule has 1 saturated carbocycles. The van der Waals surface area contributed by atoms with Crippen LogP contribution in [0.2, 0.25) is 0 Å². The summed E-state index contributed by atoms with van der Waals surface area (Å²) in [6, 6.07) is 0. The van der Waals surface area contributed by atoms with Crippen molar-refractivity contribution >= 4 is 11.6 Å². The summed E-state index contributed by atoms with van der Waals surface area (Å²) < 4.78 is 0. The van der Waals surface area contributed by atoms with Crippen LogP contribution in [0.15, 0.2) is 12.2 Å². The molecule has 1 aliphatic rings. The minimum atomic E-state index is 0.455. The van der Waals surface area contributed by atoms with Gasteiger partial charge in [0.25, 0.3) is 0 Å². The third-order valence-electron chi connectivity index (χ3n) is 2.24. The molecule has 0 saturated heterocycles. The number of hydrogen-bond acceptors (Lipinski definition) is 0. The summed E-state index contributed by atoms with van der Waals surface area (Å²) in [7, 11) is 0. The van der Waals surface area contributed by atoms with Gasteiger partial charge in [-0.15, -0.1) is 11.6 Å². The molecule has 1 aliphatic carbocycles. The number of alkyl halides is 1. The highest BCUT2D eigenvalue weighted by atomic mass is 35.5. The molecule has 0 radical (unpaired) electrons. The molecule has 0 aromatic rings. The van der Waals surface area contributed by atoms with Crippen LogP contribution in [0.4, 0.5) is 0 Å². The maximum absolute atomic E-state index is 6.08. The van der Waals surface area contributed by atoms with E-state index in [0.29, 0.717) is 5.38 Å². The molecule has 1 fully saturated rings. The molecule has 0 N–H and O–H groups in total. The largest absolute Gasteiger partial charge is 0.123 e. The highest BCUT2D eigenvalue weighted by Gasteiger charge is 2.23. The molecule has 0 amide bonds. The maximum Gasteiger partial charge on any atom is 0.0367 e. The normalized spacial score (nSPS) is 33.8. The van der Waals surface area contributed by atoms with Gasteiger partial charge < -0.3 is 0 Å². The lowest BCUT2D eigenvalue weighted by Gasteiger charge is -2.09.